The zero-order valence-corrected chi connectivity index (χ0v) is 11.9. The molecule has 0 aromatic heterocycles. The smallest absolute Gasteiger partial charge is 0.164 e. The highest BCUT2D eigenvalue weighted by Crippen LogP contribution is 2.27. The van der Waals surface area contributed by atoms with Crippen molar-refractivity contribution in [2.24, 2.45) is 0 Å². The molecule has 1 aromatic carbocycles. The Balaban J connectivity index is 2.14. The minimum absolute atomic E-state index is 0.0311. The summed E-state index contributed by atoms with van der Waals surface area (Å²) in [6, 6.07) is 2.91. The summed E-state index contributed by atoms with van der Waals surface area (Å²) in [7, 11) is 0. The summed E-state index contributed by atoms with van der Waals surface area (Å²) in [5.41, 5.74) is 0.201. The SMILES string of the molecule is CCCN1CCOC(C(O)c2ccc(C)c(F)c2F)C1. The van der Waals surface area contributed by atoms with E-state index in [0.717, 1.165) is 19.5 Å². The summed E-state index contributed by atoms with van der Waals surface area (Å²) >= 11 is 0. The van der Waals surface area contributed by atoms with E-state index in [-0.39, 0.29) is 11.1 Å². The second-order valence-electron chi connectivity index (χ2n) is 5.25. The predicted octanol–water partition coefficient (Wildman–Crippen LogP) is 2.42. The number of aryl methyl sites for hydroxylation is 1. The van der Waals surface area contributed by atoms with Crippen molar-refractivity contribution in [3.8, 4) is 0 Å². The quantitative estimate of drug-likeness (QED) is 0.922. The fraction of sp³-hybridized carbons (Fsp3) is 0.600. The molecule has 0 saturated carbocycles. The summed E-state index contributed by atoms with van der Waals surface area (Å²) in [5.74, 6) is -1.88. The number of rotatable bonds is 4. The average Bonchev–Trinajstić information content (AvgIpc) is 2.45. The highest BCUT2D eigenvalue weighted by Gasteiger charge is 2.30. The number of aliphatic hydroxyl groups is 1. The molecule has 2 atom stereocenters. The van der Waals surface area contributed by atoms with E-state index in [4.69, 9.17) is 4.74 Å². The van der Waals surface area contributed by atoms with Gasteiger partial charge in [0.25, 0.3) is 0 Å². The first kappa shape index (κ1) is 15.4. The van der Waals surface area contributed by atoms with Crippen LogP contribution in [0.5, 0.6) is 0 Å². The molecule has 1 aliphatic rings. The Hall–Kier alpha value is -1.04. The van der Waals surface area contributed by atoms with E-state index in [0.29, 0.717) is 13.2 Å². The zero-order valence-electron chi connectivity index (χ0n) is 11.9. The third-order valence-electron chi connectivity index (χ3n) is 3.69. The van der Waals surface area contributed by atoms with Crippen LogP contribution in [-0.4, -0.2) is 42.4 Å². The molecule has 20 heavy (non-hydrogen) atoms. The maximum absolute atomic E-state index is 13.9. The van der Waals surface area contributed by atoms with E-state index >= 15 is 0 Å². The lowest BCUT2D eigenvalue weighted by Crippen LogP contribution is -2.45. The van der Waals surface area contributed by atoms with Crippen molar-refractivity contribution in [3.05, 3.63) is 34.9 Å². The van der Waals surface area contributed by atoms with Gasteiger partial charge in [-0.1, -0.05) is 19.1 Å². The molecule has 1 aromatic rings. The number of hydrogen-bond acceptors (Lipinski definition) is 3. The molecule has 3 nitrogen and oxygen atoms in total. The van der Waals surface area contributed by atoms with Crippen LogP contribution in [0.2, 0.25) is 0 Å². The summed E-state index contributed by atoms with van der Waals surface area (Å²) in [5, 5.41) is 10.3. The maximum Gasteiger partial charge on any atom is 0.164 e. The first-order chi connectivity index (χ1) is 9.54. The number of hydrogen-bond donors (Lipinski definition) is 1. The molecule has 0 bridgehead atoms. The fourth-order valence-electron chi connectivity index (χ4n) is 2.53. The molecule has 5 heteroatoms. The van der Waals surface area contributed by atoms with Crippen LogP contribution in [0.3, 0.4) is 0 Å². The Morgan fingerprint density at radius 2 is 2.15 bits per heavy atom. The molecule has 1 heterocycles. The maximum atomic E-state index is 13.9. The van der Waals surface area contributed by atoms with Crippen LogP contribution in [0.15, 0.2) is 12.1 Å². The van der Waals surface area contributed by atoms with Gasteiger partial charge in [-0.2, -0.15) is 0 Å². The van der Waals surface area contributed by atoms with Crippen molar-refractivity contribution in [2.75, 3.05) is 26.2 Å². The number of aliphatic hydroxyl groups excluding tert-OH is 1. The van der Waals surface area contributed by atoms with Crippen LogP contribution in [0.1, 0.15) is 30.6 Å². The summed E-state index contributed by atoms with van der Waals surface area (Å²) in [4.78, 5) is 2.17. The Morgan fingerprint density at radius 1 is 1.40 bits per heavy atom. The lowest BCUT2D eigenvalue weighted by atomic mass is 10.0. The van der Waals surface area contributed by atoms with E-state index in [9.17, 15) is 13.9 Å². The Morgan fingerprint density at radius 3 is 2.85 bits per heavy atom. The van der Waals surface area contributed by atoms with Gasteiger partial charge in [0.15, 0.2) is 11.6 Å². The van der Waals surface area contributed by atoms with Crippen LogP contribution in [0, 0.1) is 18.6 Å². The molecule has 0 aliphatic carbocycles. The lowest BCUT2D eigenvalue weighted by Gasteiger charge is -2.35. The summed E-state index contributed by atoms with van der Waals surface area (Å²) in [6.07, 6.45) is -0.660. The first-order valence-corrected chi connectivity index (χ1v) is 7.01. The van der Waals surface area contributed by atoms with Gasteiger partial charge in [0.05, 0.1) is 6.61 Å². The van der Waals surface area contributed by atoms with Crippen molar-refractivity contribution in [1.29, 1.82) is 0 Å². The fourth-order valence-corrected chi connectivity index (χ4v) is 2.53. The molecule has 2 rings (SSSR count). The normalized spacial score (nSPS) is 21.9. The minimum atomic E-state index is -1.15. The second kappa shape index (κ2) is 6.61. The Kier molecular flexibility index (Phi) is 5.07. The van der Waals surface area contributed by atoms with Crippen molar-refractivity contribution >= 4 is 0 Å². The molecule has 112 valence electrons. The molecule has 0 amide bonds. The van der Waals surface area contributed by atoms with E-state index in [1.807, 2.05) is 0 Å². The highest BCUT2D eigenvalue weighted by molar-refractivity contribution is 5.27. The highest BCUT2D eigenvalue weighted by atomic mass is 19.2. The van der Waals surface area contributed by atoms with E-state index in [2.05, 4.69) is 11.8 Å². The van der Waals surface area contributed by atoms with Gasteiger partial charge in [-0.25, -0.2) is 8.78 Å². The number of morpholine rings is 1. The van der Waals surface area contributed by atoms with Gasteiger partial charge >= 0.3 is 0 Å². The van der Waals surface area contributed by atoms with Gasteiger partial charge in [-0.05, 0) is 25.5 Å². The van der Waals surface area contributed by atoms with Gasteiger partial charge in [-0.3, -0.25) is 4.90 Å². The minimum Gasteiger partial charge on any atom is -0.386 e. The molecule has 1 aliphatic heterocycles. The van der Waals surface area contributed by atoms with Crippen molar-refractivity contribution < 1.29 is 18.6 Å². The van der Waals surface area contributed by atoms with E-state index < -0.39 is 23.8 Å². The van der Waals surface area contributed by atoms with Gasteiger partial charge in [0, 0.05) is 18.7 Å². The van der Waals surface area contributed by atoms with Crippen molar-refractivity contribution in [3.63, 3.8) is 0 Å². The number of halogens is 2. The average molecular weight is 285 g/mol. The standard InChI is InChI=1S/C15H21F2NO2/c1-3-6-18-7-8-20-12(9-18)15(19)11-5-4-10(2)13(16)14(11)17/h4-5,12,15,19H,3,6-9H2,1-2H3. The Bertz CT molecular complexity index is 465. The van der Waals surface area contributed by atoms with Gasteiger partial charge in [0.1, 0.15) is 12.2 Å². The molecule has 1 saturated heterocycles. The third kappa shape index (κ3) is 3.16. The molecule has 0 radical (unpaired) electrons. The summed E-state index contributed by atoms with van der Waals surface area (Å²) < 4.78 is 33.0. The Labute approximate surface area is 118 Å². The predicted molar refractivity (Wildman–Crippen MR) is 72.5 cm³/mol. The molecule has 1 N–H and O–H groups in total. The van der Waals surface area contributed by atoms with Crippen LogP contribution in [-0.2, 0) is 4.74 Å². The van der Waals surface area contributed by atoms with Gasteiger partial charge < -0.3 is 9.84 Å². The van der Waals surface area contributed by atoms with Crippen LogP contribution in [0.25, 0.3) is 0 Å². The number of ether oxygens (including phenoxy) is 1. The molecule has 0 spiro atoms. The summed E-state index contributed by atoms with van der Waals surface area (Å²) in [6.45, 7) is 6.32. The number of nitrogens with zero attached hydrogens (tertiary/aromatic N) is 1. The van der Waals surface area contributed by atoms with Gasteiger partial charge in [0.2, 0.25) is 0 Å². The molecule has 2 unspecified atom stereocenters. The molecular weight excluding hydrogens is 264 g/mol. The molecular formula is C15H21F2NO2. The van der Waals surface area contributed by atoms with Crippen LogP contribution in [0.4, 0.5) is 8.78 Å². The topological polar surface area (TPSA) is 32.7 Å². The van der Waals surface area contributed by atoms with Crippen molar-refractivity contribution in [2.45, 2.75) is 32.5 Å². The number of benzene rings is 1. The zero-order chi connectivity index (χ0) is 14.7. The lowest BCUT2D eigenvalue weighted by molar-refractivity contribution is -0.0908. The second-order valence-corrected chi connectivity index (χ2v) is 5.25. The largest absolute Gasteiger partial charge is 0.386 e. The van der Waals surface area contributed by atoms with Gasteiger partial charge in [-0.15, -0.1) is 0 Å². The molecule has 1 fully saturated rings. The van der Waals surface area contributed by atoms with Crippen LogP contribution >= 0.6 is 0 Å². The third-order valence-corrected chi connectivity index (χ3v) is 3.69. The van der Waals surface area contributed by atoms with Crippen molar-refractivity contribution in [1.82, 2.24) is 4.90 Å². The van der Waals surface area contributed by atoms with E-state index in [1.165, 1.54) is 19.1 Å². The monoisotopic (exact) mass is 285 g/mol. The first-order valence-electron chi connectivity index (χ1n) is 7.01. The van der Waals surface area contributed by atoms with Crippen LogP contribution < -0.4 is 0 Å². The van der Waals surface area contributed by atoms with E-state index in [1.54, 1.807) is 0 Å².